The van der Waals surface area contributed by atoms with E-state index in [1.807, 2.05) is 48.5 Å². The first-order valence-corrected chi connectivity index (χ1v) is 24.4. The first kappa shape index (κ1) is 45.5. The Hall–Kier alpha value is -9.27. The van der Waals surface area contributed by atoms with Gasteiger partial charge in [0.2, 0.25) is 0 Å². The molecule has 0 fully saturated rings. The molecule has 0 aliphatic carbocycles. The molecular weight excluding hydrogens is 913 g/mol. The second-order valence-corrected chi connectivity index (χ2v) is 18.4. The summed E-state index contributed by atoms with van der Waals surface area (Å²) >= 11 is 3.18. The van der Waals surface area contributed by atoms with Gasteiger partial charge in [-0.3, -0.25) is 0 Å². The maximum absolute atomic E-state index is 11.5. The third-order valence-electron chi connectivity index (χ3n) is 11.4. The second kappa shape index (κ2) is 21.4. The van der Waals surface area contributed by atoms with E-state index >= 15 is 0 Å². The third kappa shape index (κ3) is 10.9. The lowest BCUT2D eigenvalue weighted by molar-refractivity contribution is -0.132. The van der Waals surface area contributed by atoms with Gasteiger partial charge in [-0.1, -0.05) is 133 Å². The van der Waals surface area contributed by atoms with Crippen LogP contribution in [0.4, 0.5) is 34.1 Å². The zero-order valence-corrected chi connectivity index (χ0v) is 39.7. The van der Waals surface area contributed by atoms with Gasteiger partial charge in [0.25, 0.3) is 0 Å². The summed E-state index contributed by atoms with van der Waals surface area (Å²) in [6.45, 7) is 0. The lowest BCUT2D eigenvalue weighted by atomic mass is 10.1. The minimum Gasteiger partial charge on any atom is -0.477 e. The van der Waals surface area contributed by atoms with Gasteiger partial charge in [-0.15, -0.1) is 22.7 Å². The van der Waals surface area contributed by atoms with Crippen molar-refractivity contribution in [3.8, 4) is 38.9 Å². The zero-order chi connectivity index (χ0) is 48.4. The van der Waals surface area contributed by atoms with Crippen LogP contribution in [-0.2, 0) is 4.79 Å². The highest BCUT2D eigenvalue weighted by atomic mass is 32.1. The van der Waals surface area contributed by atoms with E-state index < -0.39 is 5.97 Å². The molecule has 10 aromatic rings. The Bertz CT molecular complexity index is 3280. The molecule has 0 spiro atoms. The summed E-state index contributed by atoms with van der Waals surface area (Å²) in [5, 5.41) is 18.7. The van der Waals surface area contributed by atoms with Gasteiger partial charge in [0.15, 0.2) is 17.5 Å². The number of carboxylic acid groups (broad SMARTS) is 1. The van der Waals surface area contributed by atoms with Gasteiger partial charge in [0, 0.05) is 49.4 Å². The van der Waals surface area contributed by atoms with Crippen LogP contribution in [-0.4, -0.2) is 26.0 Å². The first-order valence-electron chi connectivity index (χ1n) is 22.7. The highest BCUT2D eigenvalue weighted by Gasteiger charge is 2.17. The molecule has 0 unspecified atom stereocenters. The fraction of sp³-hybridized carbons (Fsp3) is 0. The fourth-order valence-corrected chi connectivity index (χ4v) is 9.61. The summed E-state index contributed by atoms with van der Waals surface area (Å²) in [4.78, 5) is 34.8. The monoisotopic (exact) mass is 954 g/mol. The van der Waals surface area contributed by atoms with E-state index in [0.717, 1.165) is 70.3 Å². The number of hydrogen-bond donors (Lipinski definition) is 1. The van der Waals surface area contributed by atoms with Crippen LogP contribution in [0.15, 0.2) is 224 Å². The Labute approximate surface area is 420 Å². The Morgan fingerprint density at radius 3 is 1.14 bits per heavy atom. The number of benzene rings is 7. The quantitative estimate of drug-likeness (QED) is 0.0800. The fourth-order valence-electron chi connectivity index (χ4n) is 7.92. The number of carbonyl (C=O) groups is 1. The number of aliphatic carboxylic acids is 1. The summed E-state index contributed by atoms with van der Waals surface area (Å²) < 4.78 is 0. The van der Waals surface area contributed by atoms with Crippen molar-refractivity contribution < 1.29 is 9.90 Å². The number of carboxylic acids is 1. The van der Waals surface area contributed by atoms with Gasteiger partial charge in [-0.05, 0) is 132 Å². The predicted molar refractivity (Wildman–Crippen MR) is 293 cm³/mol. The largest absolute Gasteiger partial charge is 0.477 e. The van der Waals surface area contributed by atoms with E-state index in [4.69, 9.17) is 15.0 Å². The zero-order valence-electron chi connectivity index (χ0n) is 38.0. The maximum atomic E-state index is 11.5. The van der Waals surface area contributed by atoms with Crippen LogP contribution in [0.3, 0.4) is 0 Å². The molecule has 0 aliphatic heterocycles. The Morgan fingerprint density at radius 2 is 0.775 bits per heavy atom. The normalized spacial score (nSPS) is 11.5. The molecule has 7 aromatic carbocycles. The van der Waals surface area contributed by atoms with Crippen LogP contribution in [0.2, 0.25) is 0 Å². The molecule has 0 atom stereocenters. The second-order valence-electron chi connectivity index (χ2n) is 16.2. The molecule has 71 heavy (non-hydrogen) atoms. The van der Waals surface area contributed by atoms with Crippen molar-refractivity contribution in [3.63, 3.8) is 0 Å². The highest BCUT2D eigenvalue weighted by molar-refractivity contribution is 7.16. The van der Waals surface area contributed by atoms with Gasteiger partial charge >= 0.3 is 5.97 Å². The third-order valence-corrected chi connectivity index (χ3v) is 13.5. The number of nitriles is 1. The number of anilines is 6. The smallest absolute Gasteiger partial charge is 0.346 e. The van der Waals surface area contributed by atoms with Crippen molar-refractivity contribution in [2.75, 3.05) is 9.80 Å². The molecule has 3 heterocycles. The predicted octanol–water partition coefficient (Wildman–Crippen LogP) is 16.3. The van der Waals surface area contributed by atoms with Crippen molar-refractivity contribution in [2.45, 2.75) is 0 Å². The number of aromatic nitrogens is 3. The minimum atomic E-state index is -1.28. The van der Waals surface area contributed by atoms with E-state index in [1.165, 1.54) is 6.08 Å². The molecule has 0 radical (unpaired) electrons. The molecule has 3 aromatic heterocycles. The van der Waals surface area contributed by atoms with Crippen LogP contribution >= 0.6 is 22.7 Å². The van der Waals surface area contributed by atoms with Crippen molar-refractivity contribution in [1.82, 2.24) is 15.0 Å². The van der Waals surface area contributed by atoms with Crippen LogP contribution in [0.25, 0.3) is 63.2 Å². The standard InChI is InChI=1S/C61H42N6O2S2/c62-42-47(61(68)69)41-45-21-29-46(30-22-45)58-63-59(56-39-37-54(70-56)35-27-43-23-31-52(32-24-43)66(48-13-5-1-6-14-48)49-15-7-2-8-16-49)65-60(64-58)57-40-38-55(71-57)36-28-44-25-33-53(34-26-44)67(50-17-9-3-10-18-50)51-19-11-4-12-20-51/h1-41H,(H,68,69)/b35-27+,36-28+,47-41+. The summed E-state index contributed by atoms with van der Waals surface area (Å²) in [5.41, 5.74) is 9.54. The molecule has 0 aliphatic rings. The van der Waals surface area contributed by atoms with Gasteiger partial charge in [0.1, 0.15) is 11.6 Å². The lowest BCUT2D eigenvalue weighted by Crippen LogP contribution is -2.09. The molecule has 340 valence electrons. The molecule has 10 rings (SSSR count). The SMILES string of the molecule is N#C/C(=C\c1ccc(-c2nc(-c3ccc(/C=C/c4ccc(N(c5ccccc5)c5ccccc5)cc4)s3)nc(-c3ccc(/C=C/c4ccc(N(c5ccccc5)c5ccccc5)cc4)s3)n2)cc1)C(=O)O. The van der Waals surface area contributed by atoms with Crippen LogP contribution in [0.1, 0.15) is 26.4 Å². The van der Waals surface area contributed by atoms with Gasteiger partial charge in [0.05, 0.1) is 9.75 Å². The van der Waals surface area contributed by atoms with Crippen molar-refractivity contribution in [3.05, 3.63) is 250 Å². The van der Waals surface area contributed by atoms with Crippen LogP contribution in [0, 0.1) is 11.3 Å². The lowest BCUT2D eigenvalue weighted by Gasteiger charge is -2.25. The summed E-state index contributed by atoms with van der Waals surface area (Å²) in [6, 6.07) is 75.6. The number of rotatable bonds is 15. The number of thiophene rings is 2. The summed E-state index contributed by atoms with van der Waals surface area (Å²) in [5.74, 6) is 0.259. The van der Waals surface area contributed by atoms with E-state index in [1.54, 1.807) is 40.9 Å². The van der Waals surface area contributed by atoms with Gasteiger partial charge in [-0.2, -0.15) is 5.26 Å². The average molecular weight is 955 g/mol. The molecule has 8 nitrogen and oxygen atoms in total. The number of hydrogen-bond acceptors (Lipinski definition) is 9. The van der Waals surface area contributed by atoms with E-state index in [2.05, 4.69) is 192 Å². The van der Waals surface area contributed by atoms with Gasteiger partial charge < -0.3 is 14.9 Å². The van der Waals surface area contributed by atoms with Crippen molar-refractivity contribution >= 4 is 93.1 Å². The molecule has 0 amide bonds. The van der Waals surface area contributed by atoms with Crippen molar-refractivity contribution in [1.29, 1.82) is 5.26 Å². The topological polar surface area (TPSA) is 106 Å². The number of nitrogens with zero attached hydrogens (tertiary/aromatic N) is 6. The summed E-state index contributed by atoms with van der Waals surface area (Å²) in [6.07, 6.45) is 9.76. The first-order chi connectivity index (χ1) is 34.9. The maximum Gasteiger partial charge on any atom is 0.346 e. The Balaban J connectivity index is 0.913. The van der Waals surface area contributed by atoms with E-state index in [-0.39, 0.29) is 5.57 Å². The molecule has 1 N–H and O–H groups in total. The van der Waals surface area contributed by atoms with Gasteiger partial charge in [-0.25, -0.2) is 19.7 Å². The molecule has 0 saturated carbocycles. The molecule has 10 heteroatoms. The molecule has 0 saturated heterocycles. The minimum absolute atomic E-state index is 0.350. The Morgan fingerprint density at radius 1 is 0.423 bits per heavy atom. The Kier molecular flexibility index (Phi) is 13.7. The molecule has 0 bridgehead atoms. The van der Waals surface area contributed by atoms with Crippen LogP contribution in [0.5, 0.6) is 0 Å². The van der Waals surface area contributed by atoms with Crippen molar-refractivity contribution in [2.24, 2.45) is 0 Å². The highest BCUT2D eigenvalue weighted by Crippen LogP contribution is 2.37. The van der Waals surface area contributed by atoms with Crippen LogP contribution < -0.4 is 9.80 Å². The molecular formula is C61H42N6O2S2. The summed E-state index contributed by atoms with van der Waals surface area (Å²) in [7, 11) is 0. The number of para-hydroxylation sites is 4. The van der Waals surface area contributed by atoms with E-state index in [0.29, 0.717) is 23.0 Å². The average Bonchev–Trinajstić information content (AvgIpc) is 4.12. The van der Waals surface area contributed by atoms with E-state index in [9.17, 15) is 15.2 Å².